The summed E-state index contributed by atoms with van der Waals surface area (Å²) in [4.78, 5) is 24.5. The SMILES string of the molecule is Cn1nc(C(=O)O)c2c1CN(C(=O)OC(C)(C)C)C2. The fraction of sp³-hybridized carbons (Fsp3) is 0.583. The van der Waals surface area contributed by atoms with E-state index in [1.807, 2.05) is 0 Å². The summed E-state index contributed by atoms with van der Waals surface area (Å²) in [7, 11) is 1.67. The molecule has 2 rings (SSSR count). The number of carboxylic acids is 1. The van der Waals surface area contributed by atoms with E-state index >= 15 is 0 Å². The van der Waals surface area contributed by atoms with Crippen LogP contribution in [0, 0.1) is 0 Å². The minimum Gasteiger partial charge on any atom is -0.476 e. The first-order chi connectivity index (χ1) is 8.69. The number of aryl methyl sites for hydroxylation is 1. The highest BCUT2D eigenvalue weighted by Crippen LogP contribution is 2.26. The van der Waals surface area contributed by atoms with Crippen molar-refractivity contribution in [2.24, 2.45) is 7.05 Å². The summed E-state index contributed by atoms with van der Waals surface area (Å²) >= 11 is 0. The highest BCUT2D eigenvalue weighted by Gasteiger charge is 2.34. The van der Waals surface area contributed by atoms with E-state index in [9.17, 15) is 9.59 Å². The molecule has 104 valence electrons. The van der Waals surface area contributed by atoms with Gasteiger partial charge in [0.2, 0.25) is 0 Å². The van der Waals surface area contributed by atoms with Crippen molar-refractivity contribution in [2.75, 3.05) is 0 Å². The number of carbonyl (C=O) groups excluding carboxylic acids is 1. The van der Waals surface area contributed by atoms with Crippen LogP contribution in [0.5, 0.6) is 0 Å². The molecule has 1 aliphatic heterocycles. The van der Waals surface area contributed by atoms with Crippen LogP contribution in [0.1, 0.15) is 42.5 Å². The smallest absolute Gasteiger partial charge is 0.410 e. The molecule has 0 aliphatic carbocycles. The van der Waals surface area contributed by atoms with Crippen LogP contribution in [-0.4, -0.2) is 37.5 Å². The van der Waals surface area contributed by atoms with Crippen molar-refractivity contribution in [1.82, 2.24) is 14.7 Å². The van der Waals surface area contributed by atoms with Crippen LogP contribution in [0.4, 0.5) is 4.79 Å². The Morgan fingerprint density at radius 3 is 2.47 bits per heavy atom. The van der Waals surface area contributed by atoms with Gasteiger partial charge in [-0.15, -0.1) is 0 Å². The maximum Gasteiger partial charge on any atom is 0.410 e. The van der Waals surface area contributed by atoms with Gasteiger partial charge in [0.15, 0.2) is 5.69 Å². The van der Waals surface area contributed by atoms with E-state index in [0.29, 0.717) is 12.1 Å². The van der Waals surface area contributed by atoms with Crippen molar-refractivity contribution in [3.8, 4) is 0 Å². The summed E-state index contributed by atoms with van der Waals surface area (Å²) in [5, 5.41) is 13.0. The lowest BCUT2D eigenvalue weighted by Gasteiger charge is -2.24. The van der Waals surface area contributed by atoms with Gasteiger partial charge < -0.3 is 9.84 Å². The second kappa shape index (κ2) is 4.25. The minimum absolute atomic E-state index is 0.00330. The van der Waals surface area contributed by atoms with E-state index in [1.54, 1.807) is 27.8 Å². The zero-order chi connectivity index (χ0) is 14.4. The largest absolute Gasteiger partial charge is 0.476 e. The molecule has 0 spiro atoms. The predicted molar refractivity (Wildman–Crippen MR) is 65.6 cm³/mol. The van der Waals surface area contributed by atoms with E-state index in [1.165, 1.54) is 9.58 Å². The number of amides is 1. The number of carboxylic acid groups (broad SMARTS) is 1. The Balaban J connectivity index is 2.19. The van der Waals surface area contributed by atoms with E-state index in [-0.39, 0.29) is 12.2 Å². The Kier molecular flexibility index (Phi) is 3.00. The van der Waals surface area contributed by atoms with Gasteiger partial charge in [-0.05, 0) is 20.8 Å². The lowest BCUT2D eigenvalue weighted by molar-refractivity contribution is 0.0236. The lowest BCUT2D eigenvalue weighted by Crippen LogP contribution is -2.34. The van der Waals surface area contributed by atoms with Crippen LogP contribution >= 0.6 is 0 Å². The molecule has 1 amide bonds. The normalized spacial score (nSPS) is 14.4. The van der Waals surface area contributed by atoms with Gasteiger partial charge in [-0.3, -0.25) is 9.58 Å². The van der Waals surface area contributed by atoms with E-state index < -0.39 is 17.7 Å². The second-order valence-corrected chi connectivity index (χ2v) is 5.54. The molecule has 0 saturated carbocycles. The van der Waals surface area contributed by atoms with Gasteiger partial charge in [-0.1, -0.05) is 0 Å². The first kappa shape index (κ1) is 13.4. The van der Waals surface area contributed by atoms with Gasteiger partial charge >= 0.3 is 12.1 Å². The minimum atomic E-state index is -1.08. The standard InChI is InChI=1S/C12H17N3O4/c1-12(2,3)19-11(18)15-5-7-8(6-15)14(4)13-9(7)10(16)17/h5-6H2,1-4H3,(H,16,17). The number of rotatable bonds is 1. The molecule has 0 unspecified atom stereocenters. The van der Waals surface area contributed by atoms with Crippen LogP contribution in [0.2, 0.25) is 0 Å². The zero-order valence-electron chi connectivity index (χ0n) is 11.4. The van der Waals surface area contributed by atoms with Crippen LogP contribution in [0.15, 0.2) is 0 Å². The summed E-state index contributed by atoms with van der Waals surface area (Å²) in [5.74, 6) is -1.08. The van der Waals surface area contributed by atoms with E-state index in [4.69, 9.17) is 9.84 Å². The number of aromatic nitrogens is 2. The highest BCUT2D eigenvalue weighted by molar-refractivity contribution is 5.88. The lowest BCUT2D eigenvalue weighted by atomic mass is 10.2. The quantitative estimate of drug-likeness (QED) is 0.830. The van der Waals surface area contributed by atoms with Gasteiger partial charge in [0.1, 0.15) is 5.60 Å². The van der Waals surface area contributed by atoms with E-state index in [2.05, 4.69) is 5.10 Å². The monoisotopic (exact) mass is 267 g/mol. The molecule has 7 heteroatoms. The first-order valence-corrected chi connectivity index (χ1v) is 5.95. The fourth-order valence-corrected chi connectivity index (χ4v) is 2.02. The molecule has 0 aromatic carbocycles. The maximum absolute atomic E-state index is 11.9. The molecule has 0 bridgehead atoms. The van der Waals surface area contributed by atoms with Gasteiger partial charge in [-0.25, -0.2) is 9.59 Å². The Hall–Kier alpha value is -2.05. The molecule has 1 aromatic heterocycles. The van der Waals surface area contributed by atoms with Crippen molar-refractivity contribution in [3.05, 3.63) is 17.0 Å². The number of fused-ring (bicyclic) bond motifs is 1. The number of nitrogens with zero attached hydrogens (tertiary/aromatic N) is 3. The Bertz CT molecular complexity index is 542. The Morgan fingerprint density at radius 2 is 1.95 bits per heavy atom. The van der Waals surface area contributed by atoms with Gasteiger partial charge in [0.25, 0.3) is 0 Å². The van der Waals surface area contributed by atoms with Gasteiger partial charge in [-0.2, -0.15) is 5.10 Å². The number of carbonyl (C=O) groups is 2. The predicted octanol–water partition coefficient (Wildman–Crippen LogP) is 1.37. The summed E-state index contributed by atoms with van der Waals surface area (Å²) in [6, 6.07) is 0. The second-order valence-electron chi connectivity index (χ2n) is 5.54. The fourth-order valence-electron chi connectivity index (χ4n) is 2.02. The molecule has 7 nitrogen and oxygen atoms in total. The summed E-state index contributed by atoms with van der Waals surface area (Å²) in [5.41, 5.74) is 0.757. The Morgan fingerprint density at radius 1 is 1.32 bits per heavy atom. The maximum atomic E-state index is 11.9. The van der Waals surface area contributed by atoms with Crippen molar-refractivity contribution < 1.29 is 19.4 Å². The number of hydrogen-bond acceptors (Lipinski definition) is 4. The third-order valence-corrected chi connectivity index (χ3v) is 2.82. The van der Waals surface area contributed by atoms with Crippen molar-refractivity contribution in [3.63, 3.8) is 0 Å². The van der Waals surface area contributed by atoms with Crippen molar-refractivity contribution in [2.45, 2.75) is 39.5 Å². The molecule has 1 N–H and O–H groups in total. The van der Waals surface area contributed by atoms with Crippen LogP contribution in [-0.2, 0) is 24.9 Å². The molecule has 0 saturated heterocycles. The molecule has 1 aliphatic rings. The zero-order valence-corrected chi connectivity index (χ0v) is 11.4. The van der Waals surface area contributed by atoms with Crippen molar-refractivity contribution >= 4 is 12.1 Å². The molecule has 19 heavy (non-hydrogen) atoms. The van der Waals surface area contributed by atoms with Crippen LogP contribution in [0.3, 0.4) is 0 Å². The average Bonchev–Trinajstić information content (AvgIpc) is 2.76. The number of ether oxygens (including phenoxy) is 1. The van der Waals surface area contributed by atoms with Crippen LogP contribution in [0.25, 0.3) is 0 Å². The summed E-state index contributed by atoms with van der Waals surface area (Å²) in [6.45, 7) is 5.91. The number of hydrogen-bond donors (Lipinski definition) is 1. The average molecular weight is 267 g/mol. The van der Waals surface area contributed by atoms with Gasteiger partial charge in [0.05, 0.1) is 18.8 Å². The molecular formula is C12H17N3O4. The molecular weight excluding hydrogens is 250 g/mol. The Labute approximate surface area is 110 Å². The summed E-state index contributed by atoms with van der Waals surface area (Å²) < 4.78 is 6.78. The third kappa shape index (κ3) is 2.54. The number of aromatic carboxylic acids is 1. The van der Waals surface area contributed by atoms with Crippen LogP contribution < -0.4 is 0 Å². The molecule has 1 aromatic rings. The molecule has 0 radical (unpaired) electrons. The van der Waals surface area contributed by atoms with Gasteiger partial charge in [0, 0.05) is 12.6 Å². The van der Waals surface area contributed by atoms with Crippen molar-refractivity contribution in [1.29, 1.82) is 0 Å². The molecule has 0 fully saturated rings. The van der Waals surface area contributed by atoms with E-state index in [0.717, 1.165) is 5.69 Å². The third-order valence-electron chi connectivity index (χ3n) is 2.82. The topological polar surface area (TPSA) is 84.7 Å². The summed E-state index contributed by atoms with van der Waals surface area (Å²) in [6.07, 6.45) is -0.444. The highest BCUT2D eigenvalue weighted by atomic mass is 16.6. The first-order valence-electron chi connectivity index (χ1n) is 5.95. The molecule has 0 atom stereocenters. The molecule has 2 heterocycles.